The highest BCUT2D eigenvalue weighted by atomic mass is 16.5. The van der Waals surface area contributed by atoms with Crippen LogP contribution in [0.25, 0.3) is 6.08 Å². The number of benzene rings is 1. The number of amides is 2. The van der Waals surface area contributed by atoms with Crippen molar-refractivity contribution in [3.05, 3.63) is 36.0 Å². The summed E-state index contributed by atoms with van der Waals surface area (Å²) in [5.41, 5.74) is 0.997. The number of nitrogens with one attached hydrogen (secondary N) is 1. The van der Waals surface area contributed by atoms with E-state index in [4.69, 9.17) is 4.74 Å². The maximum Gasteiger partial charge on any atom is 0.321 e. The Bertz CT molecular complexity index is 485. The molecule has 1 atom stereocenters. The fraction of sp³-hybridized carbons (Fsp3) is 0.438. The van der Waals surface area contributed by atoms with E-state index in [1.807, 2.05) is 35.2 Å². The van der Waals surface area contributed by atoms with Crippen molar-refractivity contribution in [3.8, 4) is 5.75 Å². The first-order valence-electron chi connectivity index (χ1n) is 7.05. The van der Waals surface area contributed by atoms with E-state index in [-0.39, 0.29) is 6.03 Å². The van der Waals surface area contributed by atoms with Gasteiger partial charge < -0.3 is 15.0 Å². The third-order valence-electron chi connectivity index (χ3n) is 3.52. The van der Waals surface area contributed by atoms with E-state index in [0.29, 0.717) is 5.92 Å². The van der Waals surface area contributed by atoms with Gasteiger partial charge >= 0.3 is 6.03 Å². The molecule has 2 rings (SSSR count). The quantitative estimate of drug-likeness (QED) is 0.920. The molecule has 1 aromatic rings. The Kier molecular flexibility index (Phi) is 5.04. The van der Waals surface area contributed by atoms with Crippen LogP contribution in [-0.2, 0) is 0 Å². The van der Waals surface area contributed by atoms with Crippen LogP contribution in [-0.4, -0.2) is 31.1 Å². The SMILES string of the molecule is COc1cccc(/C=C/NC(=O)N2CCCC(C)C2)c1. The predicted octanol–water partition coefficient (Wildman–Crippen LogP) is 3.11. The van der Waals surface area contributed by atoms with E-state index in [1.54, 1.807) is 13.3 Å². The Morgan fingerprint density at radius 2 is 2.35 bits per heavy atom. The van der Waals surface area contributed by atoms with E-state index in [2.05, 4.69) is 12.2 Å². The number of carbonyl (C=O) groups excluding carboxylic acids is 1. The van der Waals surface area contributed by atoms with Crippen LogP contribution >= 0.6 is 0 Å². The van der Waals surface area contributed by atoms with Crippen molar-refractivity contribution in [3.63, 3.8) is 0 Å². The molecular formula is C16H22N2O2. The number of likely N-dealkylation sites (tertiary alicyclic amines) is 1. The van der Waals surface area contributed by atoms with E-state index in [9.17, 15) is 4.79 Å². The van der Waals surface area contributed by atoms with Gasteiger partial charge in [-0.2, -0.15) is 0 Å². The predicted molar refractivity (Wildman–Crippen MR) is 80.5 cm³/mol. The minimum absolute atomic E-state index is 0.0179. The van der Waals surface area contributed by atoms with Crippen molar-refractivity contribution in [2.75, 3.05) is 20.2 Å². The van der Waals surface area contributed by atoms with Gasteiger partial charge in [0.15, 0.2) is 0 Å². The Hall–Kier alpha value is -1.97. The molecule has 0 spiro atoms. The molecule has 0 bridgehead atoms. The standard InChI is InChI=1S/C16H22N2O2/c1-13-5-4-10-18(12-13)16(19)17-9-8-14-6-3-7-15(11-14)20-2/h3,6-9,11,13H,4-5,10,12H2,1-2H3,(H,17,19)/b9-8+. The summed E-state index contributed by atoms with van der Waals surface area (Å²) in [4.78, 5) is 13.9. The molecular weight excluding hydrogens is 252 g/mol. The number of ether oxygens (including phenoxy) is 1. The fourth-order valence-electron chi connectivity index (χ4n) is 2.42. The number of carbonyl (C=O) groups is 1. The van der Waals surface area contributed by atoms with Gasteiger partial charge in [0.2, 0.25) is 0 Å². The molecule has 0 saturated carbocycles. The number of hydrogen-bond donors (Lipinski definition) is 1. The molecule has 108 valence electrons. The molecule has 20 heavy (non-hydrogen) atoms. The Labute approximate surface area is 120 Å². The van der Waals surface area contributed by atoms with E-state index >= 15 is 0 Å². The first-order valence-corrected chi connectivity index (χ1v) is 7.05. The summed E-state index contributed by atoms with van der Waals surface area (Å²) in [6.45, 7) is 3.88. The number of nitrogens with zero attached hydrogens (tertiary/aromatic N) is 1. The van der Waals surface area contributed by atoms with Crippen molar-refractivity contribution >= 4 is 12.1 Å². The lowest BCUT2D eigenvalue weighted by molar-refractivity contribution is 0.173. The van der Waals surface area contributed by atoms with E-state index < -0.39 is 0 Å². The zero-order valence-corrected chi connectivity index (χ0v) is 12.1. The third kappa shape index (κ3) is 4.02. The summed E-state index contributed by atoms with van der Waals surface area (Å²) in [6, 6.07) is 7.69. The lowest BCUT2D eigenvalue weighted by Crippen LogP contribution is -2.43. The van der Waals surface area contributed by atoms with Gasteiger partial charge in [-0.05, 0) is 42.5 Å². The first kappa shape index (κ1) is 14.4. The summed E-state index contributed by atoms with van der Waals surface area (Å²) < 4.78 is 5.16. The maximum absolute atomic E-state index is 12.0. The number of rotatable bonds is 3. The van der Waals surface area contributed by atoms with Gasteiger partial charge in [0.05, 0.1) is 7.11 Å². The molecule has 4 nitrogen and oxygen atoms in total. The lowest BCUT2D eigenvalue weighted by atomic mass is 10.0. The van der Waals surface area contributed by atoms with E-state index in [1.165, 1.54) is 6.42 Å². The van der Waals surface area contributed by atoms with Crippen LogP contribution in [0.1, 0.15) is 25.3 Å². The number of piperidine rings is 1. The molecule has 1 heterocycles. The monoisotopic (exact) mass is 274 g/mol. The normalized spacial score (nSPS) is 19.1. The highest BCUT2D eigenvalue weighted by Gasteiger charge is 2.19. The Balaban J connectivity index is 1.87. The van der Waals surface area contributed by atoms with Crippen LogP contribution in [0.15, 0.2) is 30.5 Å². The first-order chi connectivity index (χ1) is 9.69. The van der Waals surface area contributed by atoms with Gasteiger partial charge in [-0.15, -0.1) is 0 Å². The summed E-state index contributed by atoms with van der Waals surface area (Å²) in [5, 5.41) is 2.82. The van der Waals surface area contributed by atoms with E-state index in [0.717, 1.165) is 30.8 Å². The highest BCUT2D eigenvalue weighted by Crippen LogP contribution is 2.15. The minimum atomic E-state index is -0.0179. The van der Waals surface area contributed by atoms with Gasteiger partial charge in [-0.1, -0.05) is 19.1 Å². The van der Waals surface area contributed by atoms with Crippen LogP contribution in [0.4, 0.5) is 4.79 Å². The maximum atomic E-state index is 12.0. The molecule has 1 aromatic carbocycles. The van der Waals surface area contributed by atoms with Crippen molar-refractivity contribution in [2.24, 2.45) is 5.92 Å². The molecule has 1 fully saturated rings. The second kappa shape index (κ2) is 6.98. The van der Waals surface area contributed by atoms with Crippen molar-refractivity contribution in [2.45, 2.75) is 19.8 Å². The average molecular weight is 274 g/mol. The summed E-state index contributed by atoms with van der Waals surface area (Å²) in [6.07, 6.45) is 5.86. The molecule has 0 aromatic heterocycles. The van der Waals surface area contributed by atoms with Crippen LogP contribution < -0.4 is 10.1 Å². The average Bonchev–Trinajstić information content (AvgIpc) is 2.47. The van der Waals surface area contributed by atoms with Crippen molar-refractivity contribution in [1.82, 2.24) is 10.2 Å². The van der Waals surface area contributed by atoms with Gasteiger partial charge in [0.1, 0.15) is 5.75 Å². The summed E-state index contributed by atoms with van der Waals surface area (Å²) >= 11 is 0. The van der Waals surface area contributed by atoms with Gasteiger partial charge in [-0.3, -0.25) is 0 Å². The molecule has 0 aliphatic carbocycles. The van der Waals surface area contributed by atoms with Crippen LogP contribution in [0, 0.1) is 5.92 Å². The Morgan fingerprint density at radius 3 is 3.10 bits per heavy atom. The molecule has 1 aliphatic rings. The smallest absolute Gasteiger partial charge is 0.321 e. The number of methoxy groups -OCH3 is 1. The number of hydrogen-bond acceptors (Lipinski definition) is 2. The lowest BCUT2D eigenvalue weighted by Gasteiger charge is -2.30. The van der Waals surface area contributed by atoms with Crippen LogP contribution in [0.5, 0.6) is 5.75 Å². The van der Waals surface area contributed by atoms with Gasteiger partial charge in [-0.25, -0.2) is 4.79 Å². The van der Waals surface area contributed by atoms with Gasteiger partial charge in [0, 0.05) is 19.3 Å². The van der Waals surface area contributed by atoms with Crippen molar-refractivity contribution in [1.29, 1.82) is 0 Å². The van der Waals surface area contributed by atoms with Crippen LogP contribution in [0.3, 0.4) is 0 Å². The van der Waals surface area contributed by atoms with Gasteiger partial charge in [0.25, 0.3) is 0 Å². The minimum Gasteiger partial charge on any atom is -0.497 e. The largest absolute Gasteiger partial charge is 0.497 e. The third-order valence-corrected chi connectivity index (χ3v) is 3.52. The fourth-order valence-corrected chi connectivity index (χ4v) is 2.42. The second-order valence-electron chi connectivity index (χ2n) is 5.25. The molecule has 0 radical (unpaired) electrons. The summed E-state index contributed by atoms with van der Waals surface area (Å²) in [7, 11) is 1.64. The summed E-state index contributed by atoms with van der Waals surface area (Å²) in [5.74, 6) is 1.40. The second-order valence-corrected chi connectivity index (χ2v) is 5.25. The topological polar surface area (TPSA) is 41.6 Å². The number of urea groups is 1. The zero-order chi connectivity index (χ0) is 14.4. The zero-order valence-electron chi connectivity index (χ0n) is 12.1. The highest BCUT2D eigenvalue weighted by molar-refractivity contribution is 5.76. The Morgan fingerprint density at radius 1 is 1.50 bits per heavy atom. The molecule has 1 unspecified atom stereocenters. The molecule has 1 aliphatic heterocycles. The molecule has 1 N–H and O–H groups in total. The molecule has 4 heteroatoms. The van der Waals surface area contributed by atoms with Crippen LogP contribution in [0.2, 0.25) is 0 Å². The molecule has 2 amide bonds. The molecule has 1 saturated heterocycles. The van der Waals surface area contributed by atoms with Crippen molar-refractivity contribution < 1.29 is 9.53 Å².